The average molecular weight is 338 g/mol. The van der Waals surface area contributed by atoms with Crippen LogP contribution in [-0.2, 0) is 4.79 Å². The lowest BCUT2D eigenvalue weighted by atomic mass is 9.78. The Morgan fingerprint density at radius 1 is 1.43 bits per heavy atom. The van der Waals surface area contributed by atoms with Gasteiger partial charge in [0.2, 0.25) is 5.91 Å². The molecule has 23 heavy (non-hydrogen) atoms. The summed E-state index contributed by atoms with van der Waals surface area (Å²) in [5.74, 6) is -0.258. The Kier molecular flexibility index (Phi) is 4.19. The molecule has 7 heteroatoms. The Hall–Kier alpha value is -1.82. The molecular weight excluding hydrogens is 318 g/mol. The highest BCUT2D eigenvalue weighted by atomic mass is 35.5. The van der Waals surface area contributed by atoms with Crippen molar-refractivity contribution in [2.45, 2.75) is 26.2 Å². The summed E-state index contributed by atoms with van der Waals surface area (Å²) in [5, 5.41) is 9.31. The lowest BCUT2D eigenvalue weighted by molar-refractivity contribution is -0.144. The van der Waals surface area contributed by atoms with Crippen LogP contribution in [0.25, 0.3) is 0 Å². The molecular formula is C16H20ClN3O3. The van der Waals surface area contributed by atoms with Crippen molar-refractivity contribution in [3.8, 4) is 0 Å². The van der Waals surface area contributed by atoms with Crippen molar-refractivity contribution < 1.29 is 14.7 Å². The van der Waals surface area contributed by atoms with Crippen LogP contribution < -0.4 is 4.90 Å². The van der Waals surface area contributed by atoms with Crippen LogP contribution in [0.1, 0.15) is 36.5 Å². The maximum Gasteiger partial charge on any atom is 0.337 e. The van der Waals surface area contributed by atoms with Gasteiger partial charge >= 0.3 is 5.97 Å². The fourth-order valence-electron chi connectivity index (χ4n) is 3.67. The number of rotatable bonds is 3. The van der Waals surface area contributed by atoms with Crippen LogP contribution in [0.2, 0.25) is 5.02 Å². The summed E-state index contributed by atoms with van der Waals surface area (Å²) < 4.78 is 0. The molecule has 1 amide bonds. The second-order valence-electron chi connectivity index (χ2n) is 6.27. The smallest absolute Gasteiger partial charge is 0.337 e. The quantitative estimate of drug-likeness (QED) is 0.916. The number of aromatic carboxylic acids is 1. The van der Waals surface area contributed by atoms with Crippen LogP contribution in [0.4, 0.5) is 5.82 Å². The van der Waals surface area contributed by atoms with Gasteiger partial charge in [-0.1, -0.05) is 11.6 Å². The Bertz CT molecular complexity index is 651. The van der Waals surface area contributed by atoms with Gasteiger partial charge in [0, 0.05) is 32.4 Å². The van der Waals surface area contributed by atoms with E-state index in [-0.39, 0.29) is 16.9 Å². The highest BCUT2D eigenvalue weighted by Gasteiger charge is 2.48. The highest BCUT2D eigenvalue weighted by molar-refractivity contribution is 6.33. The zero-order valence-electron chi connectivity index (χ0n) is 13.1. The van der Waals surface area contributed by atoms with E-state index in [4.69, 9.17) is 16.7 Å². The van der Waals surface area contributed by atoms with Crippen molar-refractivity contribution in [1.82, 2.24) is 9.88 Å². The van der Waals surface area contributed by atoms with E-state index >= 15 is 0 Å². The number of nitrogens with zero attached hydrogens (tertiary/aromatic N) is 3. The molecule has 0 aliphatic carbocycles. The van der Waals surface area contributed by atoms with Crippen LogP contribution in [-0.4, -0.2) is 53.0 Å². The van der Waals surface area contributed by atoms with Gasteiger partial charge in [0.25, 0.3) is 0 Å². The molecule has 1 atom stereocenters. The van der Waals surface area contributed by atoms with E-state index in [1.165, 1.54) is 12.3 Å². The molecule has 2 aliphatic rings. The zero-order valence-corrected chi connectivity index (χ0v) is 13.8. The lowest BCUT2D eigenvalue weighted by Gasteiger charge is -2.39. The first kappa shape index (κ1) is 16.1. The lowest BCUT2D eigenvalue weighted by Crippen LogP contribution is -2.49. The van der Waals surface area contributed by atoms with Crippen molar-refractivity contribution >= 4 is 29.3 Å². The Labute approximate surface area is 140 Å². The van der Waals surface area contributed by atoms with E-state index in [0.717, 1.165) is 32.4 Å². The summed E-state index contributed by atoms with van der Waals surface area (Å²) in [6.07, 6.45) is 4.02. The first-order valence-corrected chi connectivity index (χ1v) is 8.28. The Balaban J connectivity index is 1.82. The summed E-state index contributed by atoms with van der Waals surface area (Å²) in [6, 6.07) is 1.41. The first-order chi connectivity index (χ1) is 11.0. The molecule has 2 saturated heterocycles. The highest BCUT2D eigenvalue weighted by Crippen LogP contribution is 2.42. The van der Waals surface area contributed by atoms with Gasteiger partial charge in [0.05, 0.1) is 16.0 Å². The number of anilines is 1. The summed E-state index contributed by atoms with van der Waals surface area (Å²) in [5.41, 5.74) is -0.274. The van der Waals surface area contributed by atoms with E-state index in [9.17, 15) is 9.59 Å². The number of carboxylic acid groups (broad SMARTS) is 1. The maximum atomic E-state index is 12.8. The third-order valence-electron chi connectivity index (χ3n) is 4.93. The minimum absolute atomic E-state index is 0.0681. The van der Waals surface area contributed by atoms with Gasteiger partial charge < -0.3 is 14.9 Å². The van der Waals surface area contributed by atoms with Crippen LogP contribution in [0, 0.1) is 5.41 Å². The predicted octanol–water partition coefficient (Wildman–Crippen LogP) is 2.27. The summed E-state index contributed by atoms with van der Waals surface area (Å²) in [7, 11) is 0. The van der Waals surface area contributed by atoms with Crippen molar-refractivity contribution in [3.63, 3.8) is 0 Å². The molecule has 1 aromatic rings. The standard InChI is InChI=1S/C16H20ClN3O3/c1-2-19-6-3-4-16(15(19)23)5-7-20(10-16)13-12(17)8-11(9-18-13)14(21)22/h8-9H,2-7,10H2,1H3,(H,21,22)/t16-/m1/s1. The van der Waals surface area contributed by atoms with Gasteiger partial charge in [-0.2, -0.15) is 0 Å². The SMILES string of the molecule is CCN1CCC[C@]2(CCN(c3ncc(C(=O)O)cc3Cl)C2)C1=O. The van der Waals surface area contributed by atoms with Gasteiger partial charge in [-0.05, 0) is 32.3 Å². The van der Waals surface area contributed by atoms with Crippen molar-refractivity contribution in [3.05, 3.63) is 22.8 Å². The van der Waals surface area contributed by atoms with E-state index < -0.39 is 5.97 Å². The fourth-order valence-corrected chi connectivity index (χ4v) is 3.95. The van der Waals surface area contributed by atoms with Crippen LogP contribution in [0.15, 0.2) is 12.3 Å². The predicted molar refractivity (Wildman–Crippen MR) is 87.0 cm³/mol. The summed E-state index contributed by atoms with van der Waals surface area (Å²) >= 11 is 6.21. The Morgan fingerprint density at radius 3 is 2.87 bits per heavy atom. The van der Waals surface area contributed by atoms with Crippen LogP contribution >= 0.6 is 11.6 Å². The first-order valence-electron chi connectivity index (χ1n) is 7.90. The van der Waals surface area contributed by atoms with Crippen LogP contribution in [0.5, 0.6) is 0 Å². The van der Waals surface area contributed by atoms with Crippen LogP contribution in [0.3, 0.4) is 0 Å². The van der Waals surface area contributed by atoms with E-state index in [2.05, 4.69) is 4.98 Å². The number of carboxylic acids is 1. The molecule has 124 valence electrons. The molecule has 0 aromatic carbocycles. The zero-order chi connectivity index (χ0) is 16.6. The summed E-state index contributed by atoms with van der Waals surface area (Å²) in [6.45, 7) is 4.90. The van der Waals surface area contributed by atoms with E-state index in [0.29, 0.717) is 23.9 Å². The molecule has 0 saturated carbocycles. The molecule has 3 heterocycles. The number of hydrogen-bond acceptors (Lipinski definition) is 4. The molecule has 3 rings (SSSR count). The number of pyridine rings is 1. The number of carbonyl (C=O) groups is 2. The monoisotopic (exact) mass is 337 g/mol. The van der Waals surface area contributed by atoms with Crippen molar-refractivity contribution in [2.75, 3.05) is 31.1 Å². The number of carbonyl (C=O) groups excluding carboxylic acids is 1. The maximum absolute atomic E-state index is 12.8. The number of likely N-dealkylation sites (tertiary alicyclic amines) is 1. The van der Waals surface area contributed by atoms with Gasteiger partial charge in [-0.25, -0.2) is 9.78 Å². The fraction of sp³-hybridized carbons (Fsp3) is 0.562. The van der Waals surface area contributed by atoms with E-state index in [1.807, 2.05) is 16.7 Å². The van der Waals surface area contributed by atoms with Crippen molar-refractivity contribution in [1.29, 1.82) is 0 Å². The second kappa shape index (κ2) is 6.00. The molecule has 2 aliphatic heterocycles. The third-order valence-corrected chi connectivity index (χ3v) is 5.21. The molecule has 1 aromatic heterocycles. The van der Waals surface area contributed by atoms with Gasteiger partial charge in [-0.3, -0.25) is 4.79 Å². The summed E-state index contributed by atoms with van der Waals surface area (Å²) in [4.78, 5) is 31.9. The largest absolute Gasteiger partial charge is 0.478 e. The second-order valence-corrected chi connectivity index (χ2v) is 6.68. The normalized spacial score (nSPS) is 24.5. The number of hydrogen-bond donors (Lipinski definition) is 1. The molecule has 6 nitrogen and oxygen atoms in total. The molecule has 1 N–H and O–H groups in total. The molecule has 1 spiro atoms. The minimum atomic E-state index is -1.05. The molecule has 2 fully saturated rings. The average Bonchev–Trinajstić information content (AvgIpc) is 2.95. The van der Waals surface area contributed by atoms with Crippen molar-refractivity contribution in [2.24, 2.45) is 5.41 Å². The topological polar surface area (TPSA) is 73.7 Å². The van der Waals surface area contributed by atoms with E-state index in [1.54, 1.807) is 0 Å². The molecule has 0 bridgehead atoms. The van der Waals surface area contributed by atoms with Gasteiger partial charge in [0.15, 0.2) is 0 Å². The number of halogens is 1. The number of piperidine rings is 1. The minimum Gasteiger partial charge on any atom is -0.478 e. The molecule has 0 unspecified atom stereocenters. The Morgan fingerprint density at radius 2 is 2.22 bits per heavy atom. The van der Waals surface area contributed by atoms with Gasteiger partial charge in [0.1, 0.15) is 5.82 Å². The molecule has 0 radical (unpaired) electrons. The number of amides is 1. The van der Waals surface area contributed by atoms with Gasteiger partial charge in [-0.15, -0.1) is 0 Å². The number of aromatic nitrogens is 1. The third kappa shape index (κ3) is 2.76.